The summed E-state index contributed by atoms with van der Waals surface area (Å²) in [6.45, 7) is 0. The van der Waals surface area contributed by atoms with E-state index in [1.807, 2.05) is 0 Å². The van der Waals surface area contributed by atoms with Gasteiger partial charge in [-0.15, -0.1) is 0 Å². The van der Waals surface area contributed by atoms with E-state index >= 15 is 0 Å². The van der Waals surface area contributed by atoms with E-state index in [2.05, 4.69) is 0 Å². The fourth-order valence-electron chi connectivity index (χ4n) is 2.14. The molecule has 1 atom stereocenters. The summed E-state index contributed by atoms with van der Waals surface area (Å²) < 4.78 is 26.0. The van der Waals surface area contributed by atoms with Gasteiger partial charge in [-0.3, -0.25) is 4.79 Å². The summed E-state index contributed by atoms with van der Waals surface area (Å²) >= 11 is 5.80. The number of sulfonamides is 1. The van der Waals surface area contributed by atoms with Crippen molar-refractivity contribution in [2.75, 3.05) is 7.05 Å². The summed E-state index contributed by atoms with van der Waals surface area (Å²) in [5.74, 6) is -1.21. The summed E-state index contributed by atoms with van der Waals surface area (Å²) in [4.78, 5) is 11.6. The fraction of sp³-hybridized carbons (Fsp3) is 0.188. The van der Waals surface area contributed by atoms with E-state index in [0.717, 1.165) is 4.31 Å². The van der Waals surface area contributed by atoms with Crippen LogP contribution in [-0.2, 0) is 21.2 Å². The normalized spacial score (nSPS) is 13.0. The van der Waals surface area contributed by atoms with Crippen molar-refractivity contribution in [3.63, 3.8) is 0 Å². The fourth-order valence-corrected chi connectivity index (χ4v) is 3.60. The number of aliphatic carboxylic acids is 1. The molecule has 2 aromatic carbocycles. The number of likely N-dealkylation sites (N-methyl/N-ethyl adjacent to an activating group) is 1. The minimum Gasteiger partial charge on any atom is -0.480 e. The number of hydrogen-bond donors (Lipinski definition) is 1. The quantitative estimate of drug-likeness (QED) is 0.866. The number of hydrogen-bond acceptors (Lipinski definition) is 3. The molecule has 7 heteroatoms. The van der Waals surface area contributed by atoms with Crippen LogP contribution in [0, 0.1) is 0 Å². The second-order valence-corrected chi connectivity index (χ2v) is 7.45. The zero-order chi connectivity index (χ0) is 17.0. The second kappa shape index (κ2) is 7.12. The van der Waals surface area contributed by atoms with Gasteiger partial charge in [-0.25, -0.2) is 8.42 Å². The Morgan fingerprint density at radius 1 is 1.13 bits per heavy atom. The topological polar surface area (TPSA) is 74.7 Å². The van der Waals surface area contributed by atoms with Crippen LogP contribution < -0.4 is 0 Å². The van der Waals surface area contributed by atoms with Gasteiger partial charge in [-0.05, 0) is 36.2 Å². The van der Waals surface area contributed by atoms with Crippen molar-refractivity contribution in [3.8, 4) is 0 Å². The van der Waals surface area contributed by atoms with Crippen LogP contribution >= 0.6 is 11.6 Å². The van der Waals surface area contributed by atoms with Gasteiger partial charge in [-0.1, -0.05) is 41.9 Å². The Kier molecular flexibility index (Phi) is 5.41. The minimum absolute atomic E-state index is 0.0507. The molecule has 2 aromatic rings. The molecule has 23 heavy (non-hydrogen) atoms. The second-order valence-electron chi connectivity index (χ2n) is 5.02. The number of nitrogens with zero attached hydrogens (tertiary/aromatic N) is 1. The number of halogens is 1. The Hall–Kier alpha value is -1.89. The smallest absolute Gasteiger partial charge is 0.322 e. The lowest BCUT2D eigenvalue weighted by Crippen LogP contribution is -2.43. The minimum atomic E-state index is -3.89. The van der Waals surface area contributed by atoms with Crippen molar-refractivity contribution in [3.05, 3.63) is 65.2 Å². The van der Waals surface area contributed by atoms with Crippen LogP contribution in [0.5, 0.6) is 0 Å². The third-order valence-corrected chi connectivity index (χ3v) is 5.62. The average Bonchev–Trinajstić information content (AvgIpc) is 2.54. The first-order valence-electron chi connectivity index (χ1n) is 6.82. The third kappa shape index (κ3) is 4.10. The lowest BCUT2D eigenvalue weighted by Gasteiger charge is -2.24. The largest absolute Gasteiger partial charge is 0.480 e. The molecule has 5 nitrogen and oxygen atoms in total. The van der Waals surface area contributed by atoms with Gasteiger partial charge in [0.1, 0.15) is 6.04 Å². The molecule has 122 valence electrons. The van der Waals surface area contributed by atoms with E-state index in [1.54, 1.807) is 42.5 Å². The zero-order valence-electron chi connectivity index (χ0n) is 12.4. The van der Waals surface area contributed by atoms with E-state index < -0.39 is 22.0 Å². The standard InChI is InChI=1S/C16H16ClNO4S/c1-18(23(21,22)14-5-3-2-4-6-14)15(16(19)20)11-12-7-9-13(17)10-8-12/h2-10,15H,11H2,1H3,(H,19,20). The zero-order valence-corrected chi connectivity index (χ0v) is 14.0. The van der Waals surface area contributed by atoms with Crippen LogP contribution in [0.1, 0.15) is 5.56 Å². The summed E-state index contributed by atoms with van der Waals surface area (Å²) in [5, 5.41) is 9.97. The van der Waals surface area contributed by atoms with Gasteiger partial charge in [-0.2, -0.15) is 4.31 Å². The number of carbonyl (C=O) groups is 1. The Balaban J connectivity index is 2.30. The summed E-state index contributed by atoms with van der Waals surface area (Å²) in [6, 6.07) is 13.2. The molecular formula is C16H16ClNO4S. The van der Waals surface area contributed by atoms with Crippen molar-refractivity contribution in [2.24, 2.45) is 0 Å². The molecule has 2 rings (SSSR count). The first-order chi connectivity index (χ1) is 10.8. The number of carboxylic acids is 1. The summed E-state index contributed by atoms with van der Waals surface area (Å²) in [7, 11) is -2.61. The molecule has 0 bridgehead atoms. The summed E-state index contributed by atoms with van der Waals surface area (Å²) in [5.41, 5.74) is 0.692. The van der Waals surface area contributed by atoms with Gasteiger partial charge >= 0.3 is 5.97 Å². The number of benzene rings is 2. The molecule has 1 N–H and O–H groups in total. The van der Waals surface area contributed by atoms with Gasteiger partial charge in [0, 0.05) is 12.1 Å². The van der Waals surface area contributed by atoms with Crippen molar-refractivity contribution < 1.29 is 18.3 Å². The maximum absolute atomic E-state index is 12.6. The molecule has 0 aliphatic carbocycles. The van der Waals surface area contributed by atoms with E-state index in [-0.39, 0.29) is 11.3 Å². The highest BCUT2D eigenvalue weighted by Gasteiger charge is 2.32. The highest BCUT2D eigenvalue weighted by molar-refractivity contribution is 7.89. The van der Waals surface area contributed by atoms with Gasteiger partial charge < -0.3 is 5.11 Å². The van der Waals surface area contributed by atoms with Crippen molar-refractivity contribution in [1.29, 1.82) is 0 Å². The van der Waals surface area contributed by atoms with Crippen molar-refractivity contribution >= 4 is 27.6 Å². The molecule has 0 amide bonds. The van der Waals surface area contributed by atoms with Gasteiger partial charge in [0.25, 0.3) is 0 Å². The van der Waals surface area contributed by atoms with Gasteiger partial charge in [0.2, 0.25) is 10.0 Å². The molecule has 0 saturated heterocycles. The van der Waals surface area contributed by atoms with Crippen molar-refractivity contribution in [2.45, 2.75) is 17.4 Å². The van der Waals surface area contributed by atoms with Crippen LogP contribution in [0.15, 0.2) is 59.5 Å². The predicted molar refractivity (Wildman–Crippen MR) is 88.0 cm³/mol. The Morgan fingerprint density at radius 3 is 2.22 bits per heavy atom. The molecule has 0 saturated carbocycles. The molecule has 0 spiro atoms. The monoisotopic (exact) mass is 353 g/mol. The molecule has 0 radical (unpaired) electrons. The highest BCUT2D eigenvalue weighted by Crippen LogP contribution is 2.19. The van der Waals surface area contributed by atoms with Crippen LogP contribution in [0.4, 0.5) is 0 Å². The Bertz CT molecular complexity index is 775. The Morgan fingerprint density at radius 2 is 1.70 bits per heavy atom. The molecule has 0 heterocycles. The van der Waals surface area contributed by atoms with Gasteiger partial charge in [0.05, 0.1) is 4.90 Å². The first-order valence-corrected chi connectivity index (χ1v) is 8.64. The maximum Gasteiger partial charge on any atom is 0.322 e. The van der Waals surface area contributed by atoms with Crippen LogP contribution in [0.25, 0.3) is 0 Å². The van der Waals surface area contributed by atoms with Gasteiger partial charge in [0.15, 0.2) is 0 Å². The van der Waals surface area contributed by atoms with E-state index in [1.165, 1.54) is 19.2 Å². The average molecular weight is 354 g/mol. The number of carboxylic acid groups (broad SMARTS) is 1. The SMILES string of the molecule is CN(C(Cc1ccc(Cl)cc1)C(=O)O)S(=O)(=O)c1ccccc1. The molecule has 0 aromatic heterocycles. The molecule has 1 unspecified atom stereocenters. The van der Waals surface area contributed by atoms with Crippen LogP contribution in [0.3, 0.4) is 0 Å². The van der Waals surface area contributed by atoms with Crippen LogP contribution in [-0.4, -0.2) is 36.9 Å². The van der Waals surface area contributed by atoms with E-state index in [4.69, 9.17) is 11.6 Å². The molecule has 0 fully saturated rings. The van der Waals surface area contributed by atoms with Crippen molar-refractivity contribution in [1.82, 2.24) is 4.31 Å². The first kappa shape index (κ1) is 17.5. The Labute approximate surface area is 140 Å². The molecule has 0 aliphatic heterocycles. The van der Waals surface area contributed by atoms with E-state index in [0.29, 0.717) is 10.6 Å². The maximum atomic E-state index is 12.6. The molecule has 0 aliphatic rings. The predicted octanol–water partition coefficient (Wildman–Crippen LogP) is 2.66. The van der Waals surface area contributed by atoms with E-state index in [9.17, 15) is 18.3 Å². The third-order valence-electron chi connectivity index (χ3n) is 3.49. The highest BCUT2D eigenvalue weighted by atomic mass is 35.5. The number of rotatable bonds is 6. The summed E-state index contributed by atoms with van der Waals surface area (Å²) in [6.07, 6.45) is 0.0507. The lowest BCUT2D eigenvalue weighted by atomic mass is 10.1. The van der Waals surface area contributed by atoms with Crippen LogP contribution in [0.2, 0.25) is 5.02 Å². The lowest BCUT2D eigenvalue weighted by molar-refractivity contribution is -0.141. The molecular weight excluding hydrogens is 338 g/mol.